The van der Waals surface area contributed by atoms with Crippen LogP contribution in [0, 0.1) is 0 Å². The second-order valence-corrected chi connectivity index (χ2v) is 7.27. The van der Waals surface area contributed by atoms with Gasteiger partial charge < -0.3 is 10.1 Å². The molecule has 0 saturated heterocycles. The van der Waals surface area contributed by atoms with Gasteiger partial charge in [0.25, 0.3) is 0 Å². The molecular formula is C21H25ClN2O2. The topological polar surface area (TPSA) is 51.2 Å². The van der Waals surface area contributed by atoms with Crippen LogP contribution in [0.5, 0.6) is 5.88 Å². The van der Waals surface area contributed by atoms with Crippen molar-refractivity contribution in [2.75, 3.05) is 11.9 Å². The van der Waals surface area contributed by atoms with E-state index in [4.69, 9.17) is 16.3 Å². The minimum atomic E-state index is -0.500. The average molecular weight is 373 g/mol. The molecule has 0 spiro atoms. The van der Waals surface area contributed by atoms with E-state index in [-0.39, 0.29) is 5.91 Å². The predicted octanol–water partition coefficient (Wildman–Crippen LogP) is 5.36. The second-order valence-electron chi connectivity index (χ2n) is 6.84. The van der Waals surface area contributed by atoms with E-state index in [2.05, 4.69) is 17.2 Å². The predicted molar refractivity (Wildman–Crippen MR) is 105 cm³/mol. The van der Waals surface area contributed by atoms with Crippen molar-refractivity contribution in [1.82, 2.24) is 4.98 Å². The smallest absolute Gasteiger partial charge is 0.235 e. The number of ether oxygens (including phenoxy) is 1. The lowest BCUT2D eigenvalue weighted by Gasteiger charge is -2.36. The maximum absolute atomic E-state index is 13.2. The van der Waals surface area contributed by atoms with Gasteiger partial charge in [0.05, 0.1) is 23.9 Å². The van der Waals surface area contributed by atoms with Gasteiger partial charge in [0.2, 0.25) is 11.8 Å². The minimum Gasteiger partial charge on any atom is -0.478 e. The molecule has 0 unspecified atom stereocenters. The number of anilines is 1. The van der Waals surface area contributed by atoms with Gasteiger partial charge in [-0.05, 0) is 43.0 Å². The number of pyridine rings is 1. The number of carbonyl (C=O) groups excluding carboxylic acids is 1. The second kappa shape index (κ2) is 8.54. The van der Waals surface area contributed by atoms with E-state index in [1.165, 1.54) is 6.42 Å². The summed E-state index contributed by atoms with van der Waals surface area (Å²) in [5.74, 6) is 0.610. The fourth-order valence-electron chi connectivity index (χ4n) is 3.57. The number of halogens is 1. The van der Waals surface area contributed by atoms with Crippen LogP contribution in [0.2, 0.25) is 5.02 Å². The Balaban J connectivity index is 1.78. The molecule has 26 heavy (non-hydrogen) atoms. The van der Waals surface area contributed by atoms with Crippen molar-refractivity contribution in [3.63, 3.8) is 0 Å². The van der Waals surface area contributed by atoms with Crippen molar-refractivity contribution in [3.8, 4) is 5.88 Å². The van der Waals surface area contributed by atoms with Crippen LogP contribution in [0.25, 0.3) is 0 Å². The van der Waals surface area contributed by atoms with Crippen LogP contribution in [0.3, 0.4) is 0 Å². The van der Waals surface area contributed by atoms with E-state index in [1.54, 1.807) is 12.3 Å². The van der Waals surface area contributed by atoms with E-state index >= 15 is 0 Å². The number of hydrogen-bond donors (Lipinski definition) is 1. The SMILES string of the molecule is CCCOc1ccc(NC(=O)C2(c3ccc(Cl)cc3)CCCCC2)cn1. The van der Waals surface area contributed by atoms with Gasteiger partial charge >= 0.3 is 0 Å². The quantitative estimate of drug-likeness (QED) is 0.742. The molecule has 1 heterocycles. The third kappa shape index (κ3) is 4.18. The Morgan fingerprint density at radius 3 is 2.50 bits per heavy atom. The van der Waals surface area contributed by atoms with Crippen molar-refractivity contribution in [2.24, 2.45) is 0 Å². The Kier molecular flexibility index (Phi) is 6.15. The maximum Gasteiger partial charge on any atom is 0.235 e. The maximum atomic E-state index is 13.2. The molecule has 0 atom stereocenters. The fourth-order valence-corrected chi connectivity index (χ4v) is 3.69. The molecule has 1 saturated carbocycles. The third-order valence-corrected chi connectivity index (χ3v) is 5.24. The summed E-state index contributed by atoms with van der Waals surface area (Å²) in [5.41, 5.74) is 1.23. The molecule has 1 aliphatic rings. The molecule has 2 aromatic rings. The van der Waals surface area contributed by atoms with Gasteiger partial charge in [-0.3, -0.25) is 4.79 Å². The first-order chi connectivity index (χ1) is 12.6. The third-order valence-electron chi connectivity index (χ3n) is 4.99. The fraction of sp³-hybridized carbons (Fsp3) is 0.429. The highest BCUT2D eigenvalue weighted by molar-refractivity contribution is 6.30. The summed E-state index contributed by atoms with van der Waals surface area (Å²) in [5, 5.41) is 3.75. The standard InChI is InChI=1S/C21H25ClN2O2/c1-2-14-26-19-11-10-18(15-23-19)24-20(25)21(12-4-3-5-13-21)16-6-8-17(22)9-7-16/h6-11,15H,2-5,12-14H2,1H3,(H,24,25). The molecule has 1 aromatic carbocycles. The van der Waals surface area contributed by atoms with Crippen molar-refractivity contribution < 1.29 is 9.53 Å². The molecule has 3 rings (SSSR count). The monoisotopic (exact) mass is 372 g/mol. The Labute approximate surface area is 159 Å². The van der Waals surface area contributed by atoms with Crippen LogP contribution < -0.4 is 10.1 Å². The Morgan fingerprint density at radius 2 is 1.88 bits per heavy atom. The summed E-state index contributed by atoms with van der Waals surface area (Å²) >= 11 is 6.04. The first-order valence-electron chi connectivity index (χ1n) is 9.30. The summed E-state index contributed by atoms with van der Waals surface area (Å²) in [4.78, 5) is 17.5. The van der Waals surface area contributed by atoms with Gasteiger partial charge in [-0.25, -0.2) is 4.98 Å². The molecule has 1 fully saturated rings. The van der Waals surface area contributed by atoms with E-state index in [0.29, 0.717) is 23.2 Å². The van der Waals surface area contributed by atoms with Crippen molar-refractivity contribution in [3.05, 3.63) is 53.2 Å². The first kappa shape index (κ1) is 18.7. The van der Waals surface area contributed by atoms with E-state index in [0.717, 1.165) is 37.7 Å². The molecular weight excluding hydrogens is 348 g/mol. The van der Waals surface area contributed by atoms with E-state index < -0.39 is 5.41 Å². The average Bonchev–Trinajstić information content (AvgIpc) is 2.68. The molecule has 0 aliphatic heterocycles. The van der Waals surface area contributed by atoms with Crippen LogP contribution >= 0.6 is 11.6 Å². The zero-order chi connectivity index (χ0) is 18.4. The lowest BCUT2D eigenvalue weighted by molar-refractivity contribution is -0.122. The number of hydrogen-bond acceptors (Lipinski definition) is 3. The van der Waals surface area contributed by atoms with Crippen LogP contribution in [0.4, 0.5) is 5.69 Å². The van der Waals surface area contributed by atoms with E-state index in [9.17, 15) is 4.79 Å². The number of amides is 1. The zero-order valence-corrected chi connectivity index (χ0v) is 15.9. The summed E-state index contributed by atoms with van der Waals surface area (Å²) in [6.07, 6.45) is 7.58. The summed E-state index contributed by atoms with van der Waals surface area (Å²) in [6.45, 7) is 2.69. The molecule has 138 valence electrons. The first-order valence-corrected chi connectivity index (χ1v) is 9.68. The Morgan fingerprint density at radius 1 is 1.15 bits per heavy atom. The summed E-state index contributed by atoms with van der Waals surface area (Å²) < 4.78 is 5.50. The summed E-state index contributed by atoms with van der Waals surface area (Å²) in [6, 6.07) is 11.3. The molecule has 5 heteroatoms. The van der Waals surface area contributed by atoms with Crippen molar-refractivity contribution in [1.29, 1.82) is 0 Å². The molecule has 0 bridgehead atoms. The number of nitrogens with one attached hydrogen (secondary N) is 1. The van der Waals surface area contributed by atoms with Crippen LogP contribution in [-0.4, -0.2) is 17.5 Å². The highest BCUT2D eigenvalue weighted by Crippen LogP contribution is 2.40. The van der Waals surface area contributed by atoms with Gasteiger partial charge in [-0.1, -0.05) is 49.9 Å². The molecule has 1 aromatic heterocycles. The molecule has 1 aliphatic carbocycles. The van der Waals surface area contributed by atoms with E-state index in [1.807, 2.05) is 30.3 Å². The molecule has 1 N–H and O–H groups in total. The van der Waals surface area contributed by atoms with Gasteiger partial charge in [-0.15, -0.1) is 0 Å². The number of aromatic nitrogens is 1. The molecule has 4 nitrogen and oxygen atoms in total. The van der Waals surface area contributed by atoms with Gasteiger partial charge in [0.15, 0.2) is 0 Å². The van der Waals surface area contributed by atoms with Gasteiger partial charge in [-0.2, -0.15) is 0 Å². The van der Waals surface area contributed by atoms with Crippen LogP contribution in [0.1, 0.15) is 51.0 Å². The molecule has 0 radical (unpaired) electrons. The number of nitrogens with zero attached hydrogens (tertiary/aromatic N) is 1. The van der Waals surface area contributed by atoms with Crippen LogP contribution in [0.15, 0.2) is 42.6 Å². The Bertz CT molecular complexity index is 723. The van der Waals surface area contributed by atoms with Gasteiger partial charge in [0.1, 0.15) is 0 Å². The lowest BCUT2D eigenvalue weighted by Crippen LogP contribution is -2.42. The number of rotatable bonds is 6. The van der Waals surface area contributed by atoms with Crippen LogP contribution in [-0.2, 0) is 10.2 Å². The number of carbonyl (C=O) groups is 1. The summed E-state index contributed by atoms with van der Waals surface area (Å²) in [7, 11) is 0. The lowest BCUT2D eigenvalue weighted by atomic mass is 9.68. The van der Waals surface area contributed by atoms with Gasteiger partial charge in [0, 0.05) is 11.1 Å². The largest absolute Gasteiger partial charge is 0.478 e. The van der Waals surface area contributed by atoms with Crippen molar-refractivity contribution in [2.45, 2.75) is 50.9 Å². The van der Waals surface area contributed by atoms with Crippen molar-refractivity contribution >= 4 is 23.2 Å². The minimum absolute atomic E-state index is 0.0311. The normalized spacial score (nSPS) is 16.1. The zero-order valence-electron chi connectivity index (χ0n) is 15.1. The molecule has 1 amide bonds. The highest BCUT2D eigenvalue weighted by atomic mass is 35.5. The Hall–Kier alpha value is -2.07. The highest BCUT2D eigenvalue weighted by Gasteiger charge is 2.41. The number of benzene rings is 1.